The largest absolute Gasteiger partial charge is 0.368 e. The van der Waals surface area contributed by atoms with Gasteiger partial charge in [0, 0.05) is 30.9 Å². The topological polar surface area (TPSA) is 15.3 Å². The van der Waals surface area contributed by atoms with Crippen LogP contribution in [0.1, 0.15) is 32.8 Å². The van der Waals surface area contributed by atoms with E-state index in [-0.39, 0.29) is 5.54 Å². The molecule has 0 radical (unpaired) electrons. The minimum absolute atomic E-state index is 0.220. The van der Waals surface area contributed by atoms with Crippen molar-refractivity contribution in [2.75, 3.05) is 24.5 Å². The summed E-state index contributed by atoms with van der Waals surface area (Å²) in [5, 5.41) is 3.57. The first-order valence-electron chi connectivity index (χ1n) is 6.70. The van der Waals surface area contributed by atoms with E-state index in [4.69, 9.17) is 0 Å². The Morgan fingerprint density at radius 1 is 1.29 bits per heavy atom. The fraction of sp³-hybridized carbons (Fsp3) is 0.600. The van der Waals surface area contributed by atoms with Gasteiger partial charge in [0.15, 0.2) is 0 Å². The molecule has 0 unspecified atom stereocenters. The van der Waals surface area contributed by atoms with Crippen LogP contribution in [0.3, 0.4) is 0 Å². The molecule has 2 nitrogen and oxygen atoms in total. The Labute approximate surface area is 105 Å². The second-order valence-corrected chi connectivity index (χ2v) is 5.61. The van der Waals surface area contributed by atoms with Gasteiger partial charge < -0.3 is 10.2 Å². The lowest BCUT2D eigenvalue weighted by molar-refractivity contribution is 0.352. The highest BCUT2D eigenvalue weighted by atomic mass is 15.2. The normalized spacial score (nSPS) is 19.4. The van der Waals surface area contributed by atoms with E-state index in [1.165, 1.54) is 24.1 Å². The Morgan fingerprint density at radius 3 is 2.76 bits per heavy atom. The van der Waals surface area contributed by atoms with Gasteiger partial charge in [-0.05, 0) is 31.9 Å². The number of benzene rings is 1. The van der Waals surface area contributed by atoms with Crippen molar-refractivity contribution in [2.24, 2.45) is 0 Å². The first-order valence-corrected chi connectivity index (χ1v) is 6.70. The predicted octanol–water partition coefficient (Wildman–Crippen LogP) is 2.83. The second kappa shape index (κ2) is 5.09. The molecule has 0 aliphatic carbocycles. The second-order valence-electron chi connectivity index (χ2n) is 5.61. The molecule has 1 aliphatic heterocycles. The van der Waals surface area contributed by atoms with Crippen LogP contribution >= 0.6 is 0 Å². The number of para-hydroxylation sites is 1. The quantitative estimate of drug-likeness (QED) is 0.862. The Kier molecular flexibility index (Phi) is 3.72. The Balaban J connectivity index is 2.21. The number of aryl methyl sites for hydroxylation is 1. The summed E-state index contributed by atoms with van der Waals surface area (Å²) in [5.74, 6) is 0. The van der Waals surface area contributed by atoms with Crippen LogP contribution in [0.25, 0.3) is 0 Å². The zero-order chi connectivity index (χ0) is 12.3. The van der Waals surface area contributed by atoms with Crippen LogP contribution in [0, 0.1) is 0 Å². The van der Waals surface area contributed by atoms with Gasteiger partial charge in [-0.3, -0.25) is 0 Å². The van der Waals surface area contributed by atoms with Crippen LogP contribution in [0.2, 0.25) is 0 Å². The monoisotopic (exact) mass is 232 g/mol. The van der Waals surface area contributed by atoms with E-state index in [1.807, 2.05) is 0 Å². The van der Waals surface area contributed by atoms with Crippen LogP contribution in [-0.2, 0) is 6.42 Å². The van der Waals surface area contributed by atoms with E-state index in [9.17, 15) is 0 Å². The van der Waals surface area contributed by atoms with Crippen LogP contribution in [0.5, 0.6) is 0 Å². The highest BCUT2D eigenvalue weighted by molar-refractivity contribution is 5.54. The summed E-state index contributed by atoms with van der Waals surface area (Å²) >= 11 is 0. The van der Waals surface area contributed by atoms with Crippen molar-refractivity contribution >= 4 is 5.69 Å². The van der Waals surface area contributed by atoms with Crippen molar-refractivity contribution in [3.63, 3.8) is 0 Å². The lowest BCUT2D eigenvalue weighted by Crippen LogP contribution is -2.57. The number of hydrogen-bond donors (Lipinski definition) is 1. The maximum absolute atomic E-state index is 3.57. The molecular weight excluding hydrogens is 208 g/mol. The van der Waals surface area contributed by atoms with Gasteiger partial charge in [-0.1, -0.05) is 31.5 Å². The Morgan fingerprint density at radius 2 is 2.06 bits per heavy atom. The number of rotatable bonds is 3. The molecule has 2 rings (SSSR count). The summed E-state index contributed by atoms with van der Waals surface area (Å²) in [7, 11) is 0. The van der Waals surface area contributed by atoms with Crippen molar-refractivity contribution in [3.05, 3.63) is 29.8 Å². The summed E-state index contributed by atoms with van der Waals surface area (Å²) in [6.45, 7) is 10.1. The summed E-state index contributed by atoms with van der Waals surface area (Å²) < 4.78 is 0. The van der Waals surface area contributed by atoms with Gasteiger partial charge >= 0.3 is 0 Å². The van der Waals surface area contributed by atoms with Crippen LogP contribution in [0.15, 0.2) is 24.3 Å². The molecule has 1 fully saturated rings. The van der Waals surface area contributed by atoms with Gasteiger partial charge in [0.2, 0.25) is 0 Å². The van der Waals surface area contributed by atoms with Crippen LogP contribution < -0.4 is 10.2 Å². The highest BCUT2D eigenvalue weighted by Crippen LogP contribution is 2.24. The van der Waals surface area contributed by atoms with Crippen molar-refractivity contribution in [3.8, 4) is 0 Å². The molecule has 94 valence electrons. The molecule has 1 aromatic carbocycles. The molecule has 17 heavy (non-hydrogen) atoms. The first-order chi connectivity index (χ1) is 8.12. The zero-order valence-electron chi connectivity index (χ0n) is 11.3. The van der Waals surface area contributed by atoms with Gasteiger partial charge in [-0.15, -0.1) is 0 Å². The van der Waals surface area contributed by atoms with Gasteiger partial charge in [-0.25, -0.2) is 0 Å². The molecule has 1 saturated heterocycles. The fourth-order valence-electron chi connectivity index (χ4n) is 2.65. The first kappa shape index (κ1) is 12.4. The summed E-state index contributed by atoms with van der Waals surface area (Å²) in [6, 6.07) is 8.85. The molecule has 0 aromatic heterocycles. The molecule has 0 spiro atoms. The Hall–Kier alpha value is -1.02. The minimum atomic E-state index is 0.220. The lowest BCUT2D eigenvalue weighted by Gasteiger charge is -2.41. The maximum Gasteiger partial charge on any atom is 0.0399 e. The molecule has 1 heterocycles. The van der Waals surface area contributed by atoms with Crippen LogP contribution in [0.4, 0.5) is 5.69 Å². The highest BCUT2D eigenvalue weighted by Gasteiger charge is 2.26. The predicted molar refractivity (Wildman–Crippen MR) is 74.7 cm³/mol. The van der Waals surface area contributed by atoms with E-state index in [0.717, 1.165) is 19.6 Å². The van der Waals surface area contributed by atoms with Crippen molar-refractivity contribution in [1.29, 1.82) is 0 Å². The molecule has 0 saturated carbocycles. The third kappa shape index (κ3) is 3.01. The minimum Gasteiger partial charge on any atom is -0.368 e. The van der Waals surface area contributed by atoms with Gasteiger partial charge in [0.1, 0.15) is 0 Å². The molecule has 0 amide bonds. The van der Waals surface area contributed by atoms with Gasteiger partial charge in [0.25, 0.3) is 0 Å². The van der Waals surface area contributed by atoms with E-state index in [0.29, 0.717) is 0 Å². The van der Waals surface area contributed by atoms with Gasteiger partial charge in [0.05, 0.1) is 0 Å². The van der Waals surface area contributed by atoms with E-state index < -0.39 is 0 Å². The van der Waals surface area contributed by atoms with Crippen molar-refractivity contribution in [2.45, 2.75) is 39.2 Å². The molecular formula is C15H24N2. The summed E-state index contributed by atoms with van der Waals surface area (Å²) in [4.78, 5) is 2.53. The smallest absolute Gasteiger partial charge is 0.0399 e. The molecule has 0 atom stereocenters. The third-order valence-electron chi connectivity index (χ3n) is 3.42. The average molecular weight is 232 g/mol. The number of piperazine rings is 1. The third-order valence-corrected chi connectivity index (χ3v) is 3.42. The molecule has 0 bridgehead atoms. The van der Waals surface area contributed by atoms with Gasteiger partial charge in [-0.2, -0.15) is 0 Å². The number of anilines is 1. The maximum atomic E-state index is 3.57. The Bertz CT molecular complexity index is 371. The lowest BCUT2D eigenvalue weighted by atomic mass is 9.99. The molecule has 1 aromatic rings. The van der Waals surface area contributed by atoms with E-state index >= 15 is 0 Å². The van der Waals surface area contributed by atoms with E-state index in [2.05, 4.69) is 55.3 Å². The average Bonchev–Trinajstić information content (AvgIpc) is 2.29. The van der Waals surface area contributed by atoms with Crippen molar-refractivity contribution < 1.29 is 0 Å². The SMILES string of the molecule is CCCc1ccccc1N1CCNC(C)(C)C1. The summed E-state index contributed by atoms with van der Waals surface area (Å²) in [5.41, 5.74) is 3.15. The number of nitrogens with zero attached hydrogens (tertiary/aromatic N) is 1. The molecule has 1 aliphatic rings. The standard InChI is InChI=1S/C15H24N2/c1-4-7-13-8-5-6-9-14(13)17-11-10-16-15(2,3)12-17/h5-6,8-9,16H,4,7,10-12H2,1-3H3. The molecule has 1 N–H and O–H groups in total. The number of nitrogens with one attached hydrogen (secondary N) is 1. The van der Waals surface area contributed by atoms with Crippen LogP contribution in [-0.4, -0.2) is 25.2 Å². The zero-order valence-corrected chi connectivity index (χ0v) is 11.3. The fourth-order valence-corrected chi connectivity index (χ4v) is 2.65. The van der Waals surface area contributed by atoms with Crippen molar-refractivity contribution in [1.82, 2.24) is 5.32 Å². The summed E-state index contributed by atoms with van der Waals surface area (Å²) in [6.07, 6.45) is 2.40. The number of hydrogen-bond acceptors (Lipinski definition) is 2. The van der Waals surface area contributed by atoms with E-state index in [1.54, 1.807) is 0 Å². The molecule has 2 heteroatoms.